The van der Waals surface area contributed by atoms with Crippen LogP contribution < -0.4 is 5.32 Å². The fourth-order valence-corrected chi connectivity index (χ4v) is 2.59. The van der Waals surface area contributed by atoms with Gasteiger partial charge in [0.05, 0.1) is 5.56 Å². The van der Waals surface area contributed by atoms with Gasteiger partial charge in [0, 0.05) is 12.0 Å². The van der Waals surface area contributed by atoms with E-state index in [4.69, 9.17) is 0 Å². The molecule has 0 heterocycles. The summed E-state index contributed by atoms with van der Waals surface area (Å²) < 4.78 is 37.6. The highest BCUT2D eigenvalue weighted by Crippen LogP contribution is 2.32. The smallest absolute Gasteiger partial charge is 0.314 e. The van der Waals surface area contributed by atoms with Crippen LogP contribution in [0.5, 0.6) is 0 Å². The SMILES string of the molecule is CCNC(C)C(c1ccc(C(F)(F)F)cc1)C(C)C. The summed E-state index contributed by atoms with van der Waals surface area (Å²) in [4.78, 5) is 0. The molecule has 2 unspecified atom stereocenters. The third-order valence-electron chi connectivity index (χ3n) is 3.41. The Labute approximate surface area is 113 Å². The Morgan fingerprint density at radius 1 is 1.05 bits per heavy atom. The van der Waals surface area contributed by atoms with Gasteiger partial charge in [0.25, 0.3) is 0 Å². The van der Waals surface area contributed by atoms with Crippen molar-refractivity contribution in [3.05, 3.63) is 35.4 Å². The van der Waals surface area contributed by atoms with Crippen molar-refractivity contribution in [2.45, 2.75) is 45.8 Å². The Balaban J connectivity index is 2.98. The highest BCUT2D eigenvalue weighted by Gasteiger charge is 2.31. The molecule has 19 heavy (non-hydrogen) atoms. The minimum Gasteiger partial charge on any atom is -0.314 e. The molecule has 1 aromatic carbocycles. The maximum Gasteiger partial charge on any atom is 0.416 e. The van der Waals surface area contributed by atoms with E-state index >= 15 is 0 Å². The monoisotopic (exact) mass is 273 g/mol. The van der Waals surface area contributed by atoms with Crippen LogP contribution >= 0.6 is 0 Å². The Kier molecular flexibility index (Phi) is 5.41. The van der Waals surface area contributed by atoms with Crippen molar-refractivity contribution >= 4 is 0 Å². The third kappa shape index (κ3) is 4.23. The highest BCUT2D eigenvalue weighted by molar-refractivity contribution is 5.28. The molecule has 0 aliphatic heterocycles. The second-order valence-electron chi connectivity index (χ2n) is 5.24. The Bertz CT molecular complexity index is 381. The van der Waals surface area contributed by atoms with Gasteiger partial charge in [-0.1, -0.05) is 32.9 Å². The van der Waals surface area contributed by atoms with Gasteiger partial charge >= 0.3 is 6.18 Å². The van der Waals surface area contributed by atoms with Gasteiger partial charge in [-0.25, -0.2) is 0 Å². The molecule has 0 spiro atoms. The number of rotatable bonds is 5. The summed E-state index contributed by atoms with van der Waals surface area (Å²) in [7, 11) is 0. The minimum absolute atomic E-state index is 0.210. The molecule has 1 aromatic rings. The lowest BCUT2D eigenvalue weighted by molar-refractivity contribution is -0.137. The fraction of sp³-hybridized carbons (Fsp3) is 0.600. The zero-order valence-corrected chi connectivity index (χ0v) is 11.9. The van der Waals surface area contributed by atoms with E-state index in [1.807, 2.05) is 6.92 Å². The van der Waals surface area contributed by atoms with E-state index in [2.05, 4.69) is 26.1 Å². The van der Waals surface area contributed by atoms with Crippen LogP contribution in [0.4, 0.5) is 13.2 Å². The van der Waals surface area contributed by atoms with Crippen molar-refractivity contribution in [1.82, 2.24) is 5.32 Å². The predicted octanol–water partition coefficient (Wildman–Crippen LogP) is 4.44. The van der Waals surface area contributed by atoms with Crippen LogP contribution in [0.3, 0.4) is 0 Å². The first-order valence-corrected chi connectivity index (χ1v) is 6.68. The summed E-state index contributed by atoms with van der Waals surface area (Å²) in [5, 5.41) is 3.35. The van der Waals surface area contributed by atoms with E-state index in [1.165, 1.54) is 12.1 Å². The second-order valence-corrected chi connectivity index (χ2v) is 5.24. The van der Waals surface area contributed by atoms with Gasteiger partial charge < -0.3 is 5.32 Å². The summed E-state index contributed by atoms with van der Waals surface area (Å²) >= 11 is 0. The van der Waals surface area contributed by atoms with Crippen molar-refractivity contribution in [3.8, 4) is 0 Å². The third-order valence-corrected chi connectivity index (χ3v) is 3.41. The predicted molar refractivity (Wildman–Crippen MR) is 72.2 cm³/mol. The minimum atomic E-state index is -4.26. The van der Waals surface area contributed by atoms with Crippen LogP contribution in [0.2, 0.25) is 0 Å². The number of nitrogens with one attached hydrogen (secondary N) is 1. The molecule has 0 radical (unpaired) electrons. The van der Waals surface area contributed by atoms with Crippen molar-refractivity contribution in [1.29, 1.82) is 0 Å². The van der Waals surface area contributed by atoms with Crippen LogP contribution in [-0.4, -0.2) is 12.6 Å². The van der Waals surface area contributed by atoms with Crippen LogP contribution in [-0.2, 0) is 6.18 Å². The van der Waals surface area contributed by atoms with E-state index < -0.39 is 11.7 Å². The van der Waals surface area contributed by atoms with Gasteiger partial charge in [-0.05, 0) is 37.1 Å². The van der Waals surface area contributed by atoms with E-state index in [0.29, 0.717) is 5.92 Å². The quantitative estimate of drug-likeness (QED) is 0.836. The highest BCUT2D eigenvalue weighted by atomic mass is 19.4. The largest absolute Gasteiger partial charge is 0.416 e. The van der Waals surface area contributed by atoms with E-state index in [9.17, 15) is 13.2 Å². The van der Waals surface area contributed by atoms with E-state index in [-0.39, 0.29) is 12.0 Å². The summed E-state index contributed by atoms with van der Waals surface area (Å²) in [5.41, 5.74) is 0.367. The van der Waals surface area contributed by atoms with Crippen molar-refractivity contribution < 1.29 is 13.2 Å². The molecule has 108 valence electrons. The van der Waals surface area contributed by atoms with E-state index in [0.717, 1.165) is 12.1 Å². The molecule has 0 aliphatic carbocycles. The van der Waals surface area contributed by atoms with Gasteiger partial charge in [0.1, 0.15) is 0 Å². The van der Waals surface area contributed by atoms with Gasteiger partial charge in [-0.15, -0.1) is 0 Å². The number of likely N-dealkylation sites (N-methyl/N-ethyl adjacent to an activating group) is 1. The topological polar surface area (TPSA) is 12.0 Å². The summed E-state index contributed by atoms with van der Waals surface area (Å²) in [6.45, 7) is 9.14. The summed E-state index contributed by atoms with van der Waals surface area (Å²) in [5.74, 6) is 0.577. The van der Waals surface area contributed by atoms with Gasteiger partial charge in [-0.3, -0.25) is 0 Å². The first-order chi connectivity index (χ1) is 8.77. The van der Waals surface area contributed by atoms with Crippen LogP contribution in [0.15, 0.2) is 24.3 Å². The lowest BCUT2D eigenvalue weighted by Crippen LogP contribution is -2.34. The first kappa shape index (κ1) is 16.0. The molecule has 4 heteroatoms. The standard InChI is InChI=1S/C15H22F3N/c1-5-19-11(4)14(10(2)3)12-6-8-13(9-7-12)15(16,17)18/h6-11,14,19H,5H2,1-4H3. The Hall–Kier alpha value is -1.03. The van der Waals surface area contributed by atoms with Gasteiger partial charge in [-0.2, -0.15) is 13.2 Å². The zero-order chi connectivity index (χ0) is 14.6. The summed E-state index contributed by atoms with van der Waals surface area (Å²) in [6, 6.07) is 5.77. The Morgan fingerprint density at radius 3 is 1.95 bits per heavy atom. The molecule has 1 nitrogen and oxygen atoms in total. The van der Waals surface area contributed by atoms with Crippen LogP contribution in [0.1, 0.15) is 44.7 Å². The van der Waals surface area contributed by atoms with Crippen molar-refractivity contribution in [2.75, 3.05) is 6.54 Å². The number of hydrogen-bond donors (Lipinski definition) is 1. The maximum absolute atomic E-state index is 12.5. The van der Waals surface area contributed by atoms with Gasteiger partial charge in [0.15, 0.2) is 0 Å². The number of hydrogen-bond acceptors (Lipinski definition) is 1. The normalized spacial score (nSPS) is 15.6. The molecule has 0 amide bonds. The van der Waals surface area contributed by atoms with E-state index in [1.54, 1.807) is 12.1 Å². The number of benzene rings is 1. The van der Waals surface area contributed by atoms with Gasteiger partial charge in [0.2, 0.25) is 0 Å². The zero-order valence-electron chi connectivity index (χ0n) is 11.9. The van der Waals surface area contributed by atoms with Crippen molar-refractivity contribution in [3.63, 3.8) is 0 Å². The fourth-order valence-electron chi connectivity index (χ4n) is 2.59. The van der Waals surface area contributed by atoms with Crippen LogP contribution in [0, 0.1) is 5.92 Å². The molecule has 0 bridgehead atoms. The molecule has 0 aromatic heterocycles. The maximum atomic E-state index is 12.5. The molecular formula is C15H22F3N. The molecular weight excluding hydrogens is 251 g/mol. The summed E-state index contributed by atoms with van der Waals surface area (Å²) in [6.07, 6.45) is -4.26. The Morgan fingerprint density at radius 2 is 1.58 bits per heavy atom. The molecule has 0 saturated heterocycles. The lowest BCUT2D eigenvalue weighted by atomic mass is 9.83. The first-order valence-electron chi connectivity index (χ1n) is 6.68. The molecule has 1 N–H and O–H groups in total. The molecule has 0 aliphatic rings. The second kappa shape index (κ2) is 6.42. The number of alkyl halides is 3. The van der Waals surface area contributed by atoms with Crippen LogP contribution in [0.25, 0.3) is 0 Å². The average Bonchev–Trinajstić information content (AvgIpc) is 2.28. The molecule has 0 fully saturated rings. The lowest BCUT2D eigenvalue weighted by Gasteiger charge is -2.28. The molecule has 0 saturated carbocycles. The average molecular weight is 273 g/mol. The molecule has 1 rings (SSSR count). The molecule has 2 atom stereocenters. The van der Waals surface area contributed by atoms with Crippen molar-refractivity contribution in [2.24, 2.45) is 5.92 Å². The number of halogens is 3.